The Morgan fingerprint density at radius 1 is 1.57 bits per heavy atom. The molecule has 6 nitrogen and oxygen atoms in total. The van der Waals surface area contributed by atoms with E-state index in [9.17, 15) is 4.79 Å². The summed E-state index contributed by atoms with van der Waals surface area (Å²) in [5, 5.41) is 7.44. The van der Waals surface area contributed by atoms with Crippen LogP contribution in [0.1, 0.15) is 25.2 Å². The SMILES string of the molecule is Cc1cc(C)n(C[C@H](C)NC(=O)N(C)CC2(C)COC2)n1. The predicted octanol–water partition coefficient (Wildman–Crippen LogP) is 1.57. The van der Waals surface area contributed by atoms with Crippen molar-refractivity contribution in [2.75, 3.05) is 26.8 Å². The number of rotatable bonds is 5. The number of aryl methyl sites for hydroxylation is 2. The zero-order chi connectivity index (χ0) is 15.6. The number of ether oxygens (including phenoxy) is 1. The topological polar surface area (TPSA) is 59.4 Å². The van der Waals surface area contributed by atoms with Crippen molar-refractivity contribution in [2.24, 2.45) is 5.41 Å². The molecule has 0 unspecified atom stereocenters. The van der Waals surface area contributed by atoms with E-state index in [1.54, 1.807) is 4.90 Å². The predicted molar refractivity (Wildman–Crippen MR) is 81.3 cm³/mol. The quantitative estimate of drug-likeness (QED) is 0.896. The van der Waals surface area contributed by atoms with Crippen molar-refractivity contribution in [3.8, 4) is 0 Å². The summed E-state index contributed by atoms with van der Waals surface area (Å²) in [5.41, 5.74) is 2.22. The van der Waals surface area contributed by atoms with Gasteiger partial charge in [-0.1, -0.05) is 6.92 Å². The van der Waals surface area contributed by atoms with E-state index in [1.165, 1.54) is 0 Å². The first-order valence-corrected chi connectivity index (χ1v) is 7.39. The second-order valence-electron chi connectivity index (χ2n) is 6.62. The lowest BCUT2D eigenvalue weighted by atomic mass is 9.88. The molecule has 0 bridgehead atoms. The number of carbonyl (C=O) groups excluding carboxylic acids is 1. The Labute approximate surface area is 126 Å². The first kappa shape index (κ1) is 15.8. The Hall–Kier alpha value is -1.56. The monoisotopic (exact) mass is 294 g/mol. The number of nitrogens with zero attached hydrogens (tertiary/aromatic N) is 3. The van der Waals surface area contributed by atoms with Gasteiger partial charge in [-0.05, 0) is 26.8 Å². The molecule has 2 rings (SSSR count). The number of carbonyl (C=O) groups is 1. The first-order chi connectivity index (χ1) is 9.79. The smallest absolute Gasteiger partial charge is 0.317 e. The zero-order valence-electron chi connectivity index (χ0n) is 13.6. The third-order valence-corrected chi connectivity index (χ3v) is 3.79. The van der Waals surface area contributed by atoms with Crippen LogP contribution in [0.4, 0.5) is 4.79 Å². The van der Waals surface area contributed by atoms with Gasteiger partial charge in [0.2, 0.25) is 0 Å². The maximum atomic E-state index is 12.2. The third kappa shape index (κ3) is 3.97. The van der Waals surface area contributed by atoms with Crippen molar-refractivity contribution < 1.29 is 9.53 Å². The minimum Gasteiger partial charge on any atom is -0.380 e. The second kappa shape index (κ2) is 6.05. The highest BCUT2D eigenvalue weighted by Crippen LogP contribution is 2.27. The van der Waals surface area contributed by atoms with Crippen LogP contribution in [0.5, 0.6) is 0 Å². The van der Waals surface area contributed by atoms with Gasteiger partial charge in [0.25, 0.3) is 0 Å². The third-order valence-electron chi connectivity index (χ3n) is 3.79. The van der Waals surface area contributed by atoms with Crippen molar-refractivity contribution >= 4 is 6.03 Å². The Morgan fingerprint density at radius 2 is 2.24 bits per heavy atom. The van der Waals surface area contributed by atoms with E-state index in [4.69, 9.17) is 4.74 Å². The summed E-state index contributed by atoms with van der Waals surface area (Å²) < 4.78 is 7.16. The van der Waals surface area contributed by atoms with Gasteiger partial charge in [0.1, 0.15) is 0 Å². The zero-order valence-corrected chi connectivity index (χ0v) is 13.6. The van der Waals surface area contributed by atoms with Gasteiger partial charge in [-0.15, -0.1) is 0 Å². The van der Waals surface area contributed by atoms with E-state index in [0.29, 0.717) is 13.1 Å². The first-order valence-electron chi connectivity index (χ1n) is 7.39. The summed E-state index contributed by atoms with van der Waals surface area (Å²) in [6.45, 7) is 11.0. The minimum absolute atomic E-state index is 0.0309. The van der Waals surface area contributed by atoms with Crippen LogP contribution in [0.3, 0.4) is 0 Å². The van der Waals surface area contributed by atoms with Gasteiger partial charge in [-0.2, -0.15) is 5.10 Å². The van der Waals surface area contributed by atoms with Crippen molar-refractivity contribution in [3.05, 3.63) is 17.5 Å². The summed E-state index contributed by atoms with van der Waals surface area (Å²) in [5.74, 6) is 0. The summed E-state index contributed by atoms with van der Waals surface area (Å²) in [4.78, 5) is 13.9. The highest BCUT2D eigenvalue weighted by atomic mass is 16.5. The lowest BCUT2D eigenvalue weighted by Crippen LogP contribution is -2.52. The average molecular weight is 294 g/mol. The Bertz CT molecular complexity index is 508. The van der Waals surface area contributed by atoms with Gasteiger partial charge in [0.05, 0.1) is 25.5 Å². The molecule has 0 aliphatic carbocycles. The highest BCUT2D eigenvalue weighted by molar-refractivity contribution is 5.74. The van der Waals surface area contributed by atoms with E-state index < -0.39 is 0 Å². The molecular formula is C15H26N4O2. The lowest BCUT2D eigenvalue weighted by Gasteiger charge is -2.40. The summed E-state index contributed by atoms with van der Waals surface area (Å²) in [6, 6.07) is 2.03. The van der Waals surface area contributed by atoms with E-state index >= 15 is 0 Å². The van der Waals surface area contributed by atoms with E-state index in [0.717, 1.165) is 24.6 Å². The molecule has 2 heterocycles. The van der Waals surface area contributed by atoms with Crippen molar-refractivity contribution in [1.82, 2.24) is 20.0 Å². The maximum Gasteiger partial charge on any atom is 0.317 e. The van der Waals surface area contributed by atoms with Gasteiger partial charge < -0.3 is 15.0 Å². The van der Waals surface area contributed by atoms with Gasteiger partial charge in [0.15, 0.2) is 0 Å². The van der Waals surface area contributed by atoms with Gasteiger partial charge in [-0.3, -0.25) is 4.68 Å². The molecule has 118 valence electrons. The van der Waals surface area contributed by atoms with Crippen LogP contribution in [-0.4, -0.2) is 53.6 Å². The highest BCUT2D eigenvalue weighted by Gasteiger charge is 2.35. The van der Waals surface area contributed by atoms with Gasteiger partial charge in [0, 0.05) is 30.7 Å². The molecule has 1 aliphatic heterocycles. The van der Waals surface area contributed by atoms with E-state index in [2.05, 4.69) is 17.3 Å². The Kier molecular flexibility index (Phi) is 4.56. The summed E-state index contributed by atoms with van der Waals surface area (Å²) in [6.07, 6.45) is 0. The summed E-state index contributed by atoms with van der Waals surface area (Å²) >= 11 is 0. The van der Waals surface area contributed by atoms with Crippen molar-refractivity contribution in [3.63, 3.8) is 0 Å². The number of urea groups is 1. The largest absolute Gasteiger partial charge is 0.380 e. The molecule has 2 amide bonds. The minimum atomic E-state index is -0.0443. The normalized spacial score (nSPS) is 18.0. The molecule has 1 fully saturated rings. The number of aromatic nitrogens is 2. The van der Waals surface area contributed by atoms with Crippen LogP contribution < -0.4 is 5.32 Å². The van der Waals surface area contributed by atoms with Crippen LogP contribution in [0, 0.1) is 19.3 Å². The fraction of sp³-hybridized carbons (Fsp3) is 0.733. The number of hydrogen-bond acceptors (Lipinski definition) is 3. The van der Waals surface area contributed by atoms with Crippen LogP contribution in [0.25, 0.3) is 0 Å². The van der Waals surface area contributed by atoms with Gasteiger partial charge in [-0.25, -0.2) is 4.79 Å². The van der Waals surface area contributed by atoms with Crippen molar-refractivity contribution in [1.29, 1.82) is 0 Å². The standard InChI is InChI=1S/C15H26N4O2/c1-11-6-13(3)19(17-11)7-12(2)16-14(20)18(5)8-15(4)9-21-10-15/h6,12H,7-10H2,1-5H3,(H,16,20)/t12-/m0/s1. The molecule has 1 aliphatic rings. The molecule has 0 aromatic carbocycles. The van der Waals surface area contributed by atoms with Crippen molar-refractivity contribution in [2.45, 2.75) is 40.3 Å². The fourth-order valence-corrected chi connectivity index (χ4v) is 2.67. The molecule has 6 heteroatoms. The van der Waals surface area contributed by atoms with Crippen LogP contribution in [0.15, 0.2) is 6.07 Å². The van der Waals surface area contributed by atoms with Crippen LogP contribution in [-0.2, 0) is 11.3 Å². The average Bonchev–Trinajstić information content (AvgIpc) is 2.65. The fourth-order valence-electron chi connectivity index (χ4n) is 2.67. The maximum absolute atomic E-state index is 12.2. The summed E-state index contributed by atoms with van der Waals surface area (Å²) in [7, 11) is 1.83. The second-order valence-corrected chi connectivity index (χ2v) is 6.62. The van der Waals surface area contributed by atoms with Gasteiger partial charge >= 0.3 is 6.03 Å². The molecule has 21 heavy (non-hydrogen) atoms. The van der Waals surface area contributed by atoms with E-state index in [-0.39, 0.29) is 17.5 Å². The molecule has 1 atom stereocenters. The molecule has 1 aromatic heterocycles. The Balaban J connectivity index is 1.82. The molecule has 0 saturated carbocycles. The molecule has 1 aromatic rings. The number of amides is 2. The lowest BCUT2D eigenvalue weighted by molar-refractivity contribution is -0.108. The number of nitrogens with one attached hydrogen (secondary N) is 1. The molecular weight excluding hydrogens is 268 g/mol. The Morgan fingerprint density at radius 3 is 2.71 bits per heavy atom. The molecule has 1 N–H and O–H groups in total. The molecule has 0 spiro atoms. The van der Waals surface area contributed by atoms with E-state index in [1.807, 2.05) is 38.6 Å². The molecule has 1 saturated heterocycles. The van der Waals surface area contributed by atoms with Crippen LogP contribution >= 0.6 is 0 Å². The van der Waals surface area contributed by atoms with Crippen LogP contribution in [0.2, 0.25) is 0 Å². The molecule has 0 radical (unpaired) electrons. The number of hydrogen-bond donors (Lipinski definition) is 1.